The lowest BCUT2D eigenvalue weighted by atomic mass is 9.94. The molecule has 0 saturated carbocycles. The first-order chi connectivity index (χ1) is 14.9. The molecule has 0 spiro atoms. The van der Waals surface area contributed by atoms with Crippen LogP contribution in [0.5, 0.6) is 11.5 Å². The smallest absolute Gasteiger partial charge is 0.231 e. The predicted molar refractivity (Wildman–Crippen MR) is 133 cm³/mol. The summed E-state index contributed by atoms with van der Waals surface area (Å²) in [5, 5.41) is 0.304. The molecule has 0 amide bonds. The molecule has 1 aromatic heterocycles. The molecule has 2 aliphatic rings. The summed E-state index contributed by atoms with van der Waals surface area (Å²) in [7, 11) is -2.30. The minimum absolute atomic E-state index is 0.112. The lowest BCUT2D eigenvalue weighted by Gasteiger charge is -2.35. The molecule has 0 aliphatic carbocycles. The van der Waals surface area contributed by atoms with Gasteiger partial charge < -0.3 is 24.9 Å². The van der Waals surface area contributed by atoms with Crippen molar-refractivity contribution in [1.82, 2.24) is 9.97 Å². The van der Waals surface area contributed by atoms with Crippen LogP contribution in [0.2, 0.25) is 23.3 Å². The Morgan fingerprint density at radius 2 is 2.06 bits per heavy atom. The molecule has 7 nitrogen and oxygen atoms in total. The number of rotatable bonds is 6. The minimum atomic E-state index is -2.30. The van der Waals surface area contributed by atoms with Crippen LogP contribution in [0, 0.1) is 6.92 Å². The quantitative estimate of drug-likeness (QED) is 0.375. The number of hydrogen-bond acceptors (Lipinski definition) is 7. The summed E-state index contributed by atoms with van der Waals surface area (Å²) in [6.45, 7) is 12.0. The maximum Gasteiger partial charge on any atom is 0.231 e. The van der Waals surface area contributed by atoms with Crippen LogP contribution in [-0.4, -0.2) is 36.4 Å². The van der Waals surface area contributed by atoms with E-state index in [0.717, 1.165) is 57.9 Å². The lowest BCUT2D eigenvalue weighted by Crippen LogP contribution is -2.39. The van der Waals surface area contributed by atoms with Gasteiger partial charge in [-0.3, -0.25) is 0 Å². The van der Waals surface area contributed by atoms with Crippen molar-refractivity contribution in [1.29, 1.82) is 0 Å². The van der Waals surface area contributed by atoms with Crippen LogP contribution in [0.25, 0.3) is 0 Å². The largest absolute Gasteiger partial charge is 0.454 e. The second-order valence-corrected chi connectivity index (χ2v) is 15.5. The number of nitrogen functional groups attached to an aromatic ring is 1. The SMILES string of the molecule is Cc1c(CN2CC(CCC(C)(C)[Si](C)(C)O)c3c(Cl)nc(N)nc32)c(Br)cc2c1OCO2. The normalized spacial score (nSPS) is 17.8. The predicted octanol–water partition coefficient (Wildman–Crippen LogP) is 5.37. The Balaban J connectivity index is 1.65. The molecule has 3 heterocycles. The maximum atomic E-state index is 10.7. The van der Waals surface area contributed by atoms with Gasteiger partial charge in [0.15, 0.2) is 19.8 Å². The fourth-order valence-corrected chi connectivity index (χ4v) is 6.00. The van der Waals surface area contributed by atoms with E-state index in [9.17, 15) is 4.80 Å². The number of anilines is 2. The van der Waals surface area contributed by atoms with E-state index in [1.54, 1.807) is 0 Å². The molecule has 1 aromatic carbocycles. The van der Waals surface area contributed by atoms with Crippen LogP contribution in [0.3, 0.4) is 0 Å². The fraction of sp³-hybridized carbons (Fsp3) is 0.545. The van der Waals surface area contributed by atoms with Crippen LogP contribution in [0.15, 0.2) is 10.5 Å². The number of nitrogens with two attached hydrogens (primary N) is 1. The zero-order valence-electron chi connectivity index (χ0n) is 19.1. The van der Waals surface area contributed by atoms with Crippen molar-refractivity contribution in [2.24, 2.45) is 0 Å². The molecular weight excluding hydrogens is 512 g/mol. The molecule has 10 heteroatoms. The second kappa shape index (κ2) is 8.34. The molecule has 0 fully saturated rings. The summed E-state index contributed by atoms with van der Waals surface area (Å²) in [5.41, 5.74) is 9.06. The molecule has 4 rings (SSSR count). The Morgan fingerprint density at radius 1 is 1.34 bits per heavy atom. The van der Waals surface area contributed by atoms with Gasteiger partial charge in [0.2, 0.25) is 12.7 Å². The van der Waals surface area contributed by atoms with Crippen LogP contribution in [-0.2, 0) is 6.54 Å². The number of aromatic nitrogens is 2. The number of halogens is 2. The van der Waals surface area contributed by atoms with Gasteiger partial charge >= 0.3 is 0 Å². The summed E-state index contributed by atoms with van der Waals surface area (Å²) in [6, 6.07) is 1.96. The van der Waals surface area contributed by atoms with Gasteiger partial charge in [-0.1, -0.05) is 41.4 Å². The fourth-order valence-electron chi connectivity index (χ4n) is 4.29. The van der Waals surface area contributed by atoms with Gasteiger partial charge in [0.25, 0.3) is 0 Å². The molecule has 0 bridgehead atoms. The van der Waals surface area contributed by atoms with Gasteiger partial charge in [-0.25, -0.2) is 4.98 Å². The van der Waals surface area contributed by atoms with Gasteiger partial charge in [-0.05, 0) is 49.5 Å². The Kier molecular flexibility index (Phi) is 6.15. The van der Waals surface area contributed by atoms with E-state index in [0.29, 0.717) is 11.7 Å². The molecular formula is C22H30BrClN4O3Si. The average molecular weight is 542 g/mol. The first kappa shape index (κ1) is 23.6. The highest BCUT2D eigenvalue weighted by atomic mass is 79.9. The van der Waals surface area contributed by atoms with Crippen molar-refractivity contribution in [3.05, 3.63) is 32.4 Å². The number of hydrogen-bond donors (Lipinski definition) is 2. The van der Waals surface area contributed by atoms with Gasteiger partial charge in [0.1, 0.15) is 11.0 Å². The summed E-state index contributed by atoms with van der Waals surface area (Å²) >= 11 is 10.3. The van der Waals surface area contributed by atoms with Gasteiger partial charge in [-0.15, -0.1) is 0 Å². The van der Waals surface area contributed by atoms with Gasteiger partial charge in [0, 0.05) is 34.6 Å². The molecule has 2 aliphatic heterocycles. The molecule has 32 heavy (non-hydrogen) atoms. The van der Waals surface area contributed by atoms with Crippen molar-refractivity contribution in [2.75, 3.05) is 24.0 Å². The third kappa shape index (κ3) is 4.20. The van der Waals surface area contributed by atoms with Crippen LogP contribution in [0.1, 0.15) is 49.3 Å². The highest BCUT2D eigenvalue weighted by molar-refractivity contribution is 9.10. The maximum absolute atomic E-state index is 10.7. The van der Waals surface area contributed by atoms with E-state index in [2.05, 4.69) is 44.6 Å². The molecule has 1 atom stereocenters. The Hall–Kier alpha value is -1.55. The van der Waals surface area contributed by atoms with Gasteiger partial charge in [-0.2, -0.15) is 4.98 Å². The molecule has 3 N–H and O–H groups in total. The Labute approximate surface area is 203 Å². The summed E-state index contributed by atoms with van der Waals surface area (Å²) in [5.74, 6) is 2.67. The van der Waals surface area contributed by atoms with E-state index < -0.39 is 8.32 Å². The first-order valence-electron chi connectivity index (χ1n) is 10.8. The zero-order chi connectivity index (χ0) is 23.4. The molecule has 0 saturated heterocycles. The van der Waals surface area contributed by atoms with E-state index >= 15 is 0 Å². The topological polar surface area (TPSA) is 93.7 Å². The van der Waals surface area contributed by atoms with Crippen LogP contribution >= 0.6 is 27.5 Å². The Morgan fingerprint density at radius 3 is 2.75 bits per heavy atom. The summed E-state index contributed by atoms with van der Waals surface area (Å²) < 4.78 is 12.2. The number of nitrogens with zero attached hydrogens (tertiary/aromatic N) is 3. The number of ether oxygens (including phenoxy) is 2. The number of fused-ring (bicyclic) bond motifs is 2. The number of benzene rings is 1. The van der Waals surface area contributed by atoms with Crippen molar-refractivity contribution in [2.45, 2.75) is 64.2 Å². The van der Waals surface area contributed by atoms with Crippen molar-refractivity contribution < 1.29 is 14.3 Å². The third-order valence-corrected chi connectivity index (χ3v) is 11.7. The average Bonchev–Trinajstić information content (AvgIpc) is 3.27. The van der Waals surface area contributed by atoms with E-state index in [1.807, 2.05) is 26.1 Å². The lowest BCUT2D eigenvalue weighted by molar-refractivity contribution is 0.173. The van der Waals surface area contributed by atoms with Crippen molar-refractivity contribution in [3.8, 4) is 11.5 Å². The summed E-state index contributed by atoms with van der Waals surface area (Å²) in [4.78, 5) is 21.7. The first-order valence-corrected chi connectivity index (χ1v) is 14.9. The highest BCUT2D eigenvalue weighted by Gasteiger charge is 2.40. The molecule has 2 aromatic rings. The van der Waals surface area contributed by atoms with Crippen molar-refractivity contribution in [3.63, 3.8) is 0 Å². The van der Waals surface area contributed by atoms with Crippen molar-refractivity contribution >= 4 is 47.6 Å². The highest BCUT2D eigenvalue weighted by Crippen LogP contribution is 2.48. The second-order valence-electron chi connectivity index (χ2n) is 9.86. The zero-order valence-corrected chi connectivity index (χ0v) is 22.5. The minimum Gasteiger partial charge on any atom is -0.454 e. The van der Waals surface area contributed by atoms with Crippen LogP contribution < -0.4 is 20.1 Å². The Bertz CT molecular complexity index is 1060. The molecule has 1 unspecified atom stereocenters. The van der Waals surface area contributed by atoms with Crippen LogP contribution in [0.4, 0.5) is 11.8 Å². The third-order valence-electron chi connectivity index (χ3n) is 7.15. The monoisotopic (exact) mass is 540 g/mol. The molecule has 174 valence electrons. The van der Waals surface area contributed by atoms with Gasteiger partial charge in [0.05, 0.1) is 0 Å². The molecule has 0 radical (unpaired) electrons. The van der Waals surface area contributed by atoms with E-state index in [1.165, 1.54) is 0 Å². The van der Waals surface area contributed by atoms with E-state index in [-0.39, 0.29) is 23.7 Å². The summed E-state index contributed by atoms with van der Waals surface area (Å²) in [6.07, 6.45) is 1.79. The standard InChI is InChI=1S/C22H30BrClN4O3Si/c1-12-14(15(23)8-16-18(12)31-11-30-16)10-28-9-13(6-7-22(2,3)32(4,5)29)17-19(24)26-21(25)27-20(17)28/h8,13,29H,6-7,9-11H2,1-5H3,(H2,25,26,27). The van der Waals surface area contributed by atoms with E-state index in [4.69, 9.17) is 26.8 Å².